The summed E-state index contributed by atoms with van der Waals surface area (Å²) in [7, 11) is 0. The number of imidazole rings is 1. The summed E-state index contributed by atoms with van der Waals surface area (Å²) in [6.45, 7) is -0.308. The van der Waals surface area contributed by atoms with E-state index in [-0.39, 0.29) is 47.0 Å². The van der Waals surface area contributed by atoms with Gasteiger partial charge in [-0.15, -0.1) is 0 Å². The van der Waals surface area contributed by atoms with Crippen molar-refractivity contribution in [2.45, 2.75) is 32.4 Å². The van der Waals surface area contributed by atoms with Crippen molar-refractivity contribution >= 4 is 17.0 Å². The number of nitrogens with zero attached hydrogens (tertiary/aromatic N) is 5. The number of aromatic nitrogens is 4. The van der Waals surface area contributed by atoms with Gasteiger partial charge < -0.3 is 14.4 Å². The molecule has 5 aromatic rings. The normalized spacial score (nSPS) is 13.5. The quantitative estimate of drug-likeness (QED) is 0.206. The zero-order valence-electron chi connectivity index (χ0n) is 22.7. The van der Waals surface area contributed by atoms with Gasteiger partial charge in [0.2, 0.25) is 0 Å². The molecule has 3 aromatic carbocycles. The predicted molar refractivity (Wildman–Crippen MR) is 150 cm³/mol. The van der Waals surface area contributed by atoms with E-state index in [1.165, 1.54) is 42.6 Å². The van der Waals surface area contributed by atoms with Gasteiger partial charge in [-0.3, -0.25) is 4.39 Å². The Balaban J connectivity index is 1.24. The number of ether oxygens (including phenoxy) is 1. The lowest BCUT2D eigenvalue weighted by Gasteiger charge is -2.16. The molecule has 11 heteroatoms. The number of carboxylic acid groups (broad SMARTS) is 1. The van der Waals surface area contributed by atoms with Gasteiger partial charge >= 0.3 is 12.0 Å². The molecule has 2 aromatic heterocycles. The third kappa shape index (κ3) is 5.77. The lowest BCUT2D eigenvalue weighted by Crippen LogP contribution is -2.16. The summed E-state index contributed by atoms with van der Waals surface area (Å²) < 4.78 is 50.8. The van der Waals surface area contributed by atoms with E-state index in [0.717, 1.165) is 18.9 Å². The molecule has 0 atom stereocenters. The zero-order valence-corrected chi connectivity index (χ0v) is 22.7. The molecule has 0 saturated heterocycles. The summed E-state index contributed by atoms with van der Waals surface area (Å²) >= 11 is 0. The van der Waals surface area contributed by atoms with Crippen LogP contribution >= 0.6 is 0 Å². The minimum Gasteiger partial charge on any atom is -0.478 e. The Morgan fingerprint density at radius 3 is 2.58 bits per heavy atom. The van der Waals surface area contributed by atoms with E-state index < -0.39 is 29.7 Å². The Kier molecular flexibility index (Phi) is 7.27. The first-order valence-electron chi connectivity index (χ1n) is 13.5. The summed E-state index contributed by atoms with van der Waals surface area (Å²) in [6, 6.07) is 16.7. The standard InChI is InChI=1S/C32H24F3N5O3/c33-17-32(8-9-32)18-40-28-14-21(30(41)42)4-6-27(28)38-29(40)13-19-2-5-23(25(35)11-19)26-7-10-37-31(39-26)43-16-22-3-1-20(15-36)12-24(22)34/h1-7,10-12,14H,8-9,13,16-18H2,(H,41,42). The Morgan fingerprint density at radius 2 is 1.88 bits per heavy atom. The number of alkyl halides is 1. The van der Waals surface area contributed by atoms with Crippen LogP contribution < -0.4 is 4.74 Å². The fourth-order valence-corrected chi connectivity index (χ4v) is 4.96. The van der Waals surface area contributed by atoms with Crippen LogP contribution in [-0.4, -0.2) is 37.3 Å². The van der Waals surface area contributed by atoms with Crippen LogP contribution in [-0.2, 0) is 19.6 Å². The van der Waals surface area contributed by atoms with E-state index >= 15 is 4.39 Å². The lowest BCUT2D eigenvalue weighted by atomic mass is 10.1. The molecule has 2 heterocycles. The number of carbonyl (C=O) groups is 1. The van der Waals surface area contributed by atoms with E-state index in [1.54, 1.807) is 18.2 Å². The van der Waals surface area contributed by atoms with Crippen LogP contribution in [0.15, 0.2) is 66.9 Å². The molecule has 43 heavy (non-hydrogen) atoms. The van der Waals surface area contributed by atoms with Crippen molar-refractivity contribution in [2.75, 3.05) is 6.67 Å². The number of hydrogen-bond acceptors (Lipinski definition) is 6. The average Bonchev–Trinajstić information content (AvgIpc) is 3.71. The average molecular weight is 584 g/mol. The number of benzene rings is 3. The molecule has 0 radical (unpaired) electrons. The molecule has 6 rings (SSSR count). The van der Waals surface area contributed by atoms with Gasteiger partial charge in [-0.05, 0) is 66.9 Å². The van der Waals surface area contributed by atoms with Gasteiger partial charge in [0, 0.05) is 35.7 Å². The first-order chi connectivity index (χ1) is 20.8. The van der Waals surface area contributed by atoms with Crippen LogP contribution in [0.5, 0.6) is 6.01 Å². The van der Waals surface area contributed by atoms with Crippen LogP contribution in [0.2, 0.25) is 0 Å². The number of hydrogen-bond donors (Lipinski definition) is 1. The molecule has 0 unspecified atom stereocenters. The van der Waals surface area contributed by atoms with Gasteiger partial charge in [-0.1, -0.05) is 12.1 Å². The monoisotopic (exact) mass is 583 g/mol. The first-order valence-corrected chi connectivity index (χ1v) is 13.5. The topological polar surface area (TPSA) is 114 Å². The van der Waals surface area contributed by atoms with Gasteiger partial charge in [-0.25, -0.2) is 23.5 Å². The number of halogens is 3. The van der Waals surface area contributed by atoms with Crippen molar-refractivity contribution in [1.29, 1.82) is 5.26 Å². The largest absolute Gasteiger partial charge is 0.478 e. The minimum absolute atomic E-state index is 0.0685. The van der Waals surface area contributed by atoms with Gasteiger partial charge in [0.05, 0.1) is 40.6 Å². The number of carboxylic acids is 1. The zero-order chi connectivity index (χ0) is 30.1. The van der Waals surface area contributed by atoms with Crippen molar-refractivity contribution in [3.8, 4) is 23.3 Å². The van der Waals surface area contributed by atoms with E-state index in [2.05, 4.69) is 15.0 Å². The van der Waals surface area contributed by atoms with E-state index in [4.69, 9.17) is 10.00 Å². The van der Waals surface area contributed by atoms with Gasteiger partial charge in [0.1, 0.15) is 24.1 Å². The highest BCUT2D eigenvalue weighted by atomic mass is 19.1. The van der Waals surface area contributed by atoms with E-state index in [0.29, 0.717) is 29.0 Å². The van der Waals surface area contributed by atoms with Crippen molar-refractivity contribution < 1.29 is 27.8 Å². The molecular formula is C32H24F3N5O3. The van der Waals surface area contributed by atoms with Crippen molar-refractivity contribution in [3.05, 3.63) is 107 Å². The van der Waals surface area contributed by atoms with Crippen molar-refractivity contribution in [3.63, 3.8) is 0 Å². The maximum absolute atomic E-state index is 15.4. The highest BCUT2D eigenvalue weighted by Gasteiger charge is 2.43. The summed E-state index contributed by atoms with van der Waals surface area (Å²) in [4.78, 5) is 24.6. The van der Waals surface area contributed by atoms with Crippen LogP contribution in [0.4, 0.5) is 13.2 Å². The third-order valence-corrected chi connectivity index (χ3v) is 7.65. The highest BCUT2D eigenvalue weighted by Crippen LogP contribution is 2.48. The Hall–Kier alpha value is -5.24. The SMILES string of the molecule is N#Cc1ccc(COc2nccc(-c3ccc(Cc4nc5ccc(C(=O)O)cc5n4CC4(CF)CC4)cc3F)n2)c(F)c1. The molecule has 0 spiro atoms. The molecule has 1 aliphatic rings. The summed E-state index contributed by atoms with van der Waals surface area (Å²) in [5, 5.41) is 18.4. The molecule has 8 nitrogen and oxygen atoms in total. The van der Waals surface area contributed by atoms with Crippen LogP contribution in [0.1, 0.15) is 45.7 Å². The van der Waals surface area contributed by atoms with Crippen LogP contribution in [0, 0.1) is 28.4 Å². The number of aromatic carboxylic acids is 1. The van der Waals surface area contributed by atoms with Crippen molar-refractivity contribution in [1.82, 2.24) is 19.5 Å². The maximum atomic E-state index is 15.4. The van der Waals surface area contributed by atoms with Crippen LogP contribution in [0.3, 0.4) is 0 Å². The fourth-order valence-electron chi connectivity index (χ4n) is 4.96. The van der Waals surface area contributed by atoms with Gasteiger partial charge in [-0.2, -0.15) is 10.2 Å². The number of nitriles is 1. The lowest BCUT2D eigenvalue weighted by molar-refractivity contribution is 0.0697. The number of rotatable bonds is 10. The van der Waals surface area contributed by atoms with Crippen LogP contribution in [0.25, 0.3) is 22.3 Å². The molecule has 0 amide bonds. The first kappa shape index (κ1) is 27.9. The molecule has 1 saturated carbocycles. The van der Waals surface area contributed by atoms with E-state index in [9.17, 15) is 18.7 Å². The molecule has 1 aliphatic carbocycles. The molecular weight excluding hydrogens is 559 g/mol. The van der Waals surface area contributed by atoms with Gasteiger partial charge in [0.25, 0.3) is 0 Å². The smallest absolute Gasteiger partial charge is 0.335 e. The van der Waals surface area contributed by atoms with Gasteiger partial charge in [0.15, 0.2) is 0 Å². The van der Waals surface area contributed by atoms with E-state index in [1.807, 2.05) is 10.6 Å². The highest BCUT2D eigenvalue weighted by molar-refractivity contribution is 5.92. The Labute approximate surface area is 244 Å². The number of fused-ring (bicyclic) bond motifs is 1. The molecule has 1 N–H and O–H groups in total. The Morgan fingerprint density at radius 1 is 1.05 bits per heavy atom. The second kappa shape index (κ2) is 11.2. The second-order valence-electron chi connectivity index (χ2n) is 10.7. The predicted octanol–water partition coefficient (Wildman–Crippen LogP) is 6.26. The Bertz CT molecular complexity index is 1910. The third-order valence-electron chi connectivity index (χ3n) is 7.65. The fraction of sp³-hybridized carbons (Fsp3) is 0.219. The van der Waals surface area contributed by atoms with Crippen molar-refractivity contribution in [2.24, 2.45) is 5.41 Å². The maximum Gasteiger partial charge on any atom is 0.335 e. The summed E-state index contributed by atoms with van der Waals surface area (Å²) in [6.07, 6.45) is 3.12. The molecule has 0 aliphatic heterocycles. The molecule has 1 fully saturated rings. The summed E-state index contributed by atoms with van der Waals surface area (Å²) in [5.41, 5.74) is 2.29. The second-order valence-corrected chi connectivity index (χ2v) is 10.7. The minimum atomic E-state index is -1.07. The molecule has 216 valence electrons. The molecule has 0 bridgehead atoms. The summed E-state index contributed by atoms with van der Waals surface area (Å²) in [5.74, 6) is -1.62.